The molecule has 0 saturated carbocycles. The van der Waals surface area contributed by atoms with Gasteiger partial charge in [0.25, 0.3) is 0 Å². The van der Waals surface area contributed by atoms with Crippen molar-refractivity contribution < 1.29 is 0 Å². The average Bonchev–Trinajstić information content (AvgIpc) is 2.69. The van der Waals surface area contributed by atoms with E-state index >= 15 is 0 Å². The molecule has 6 N–H and O–H groups in total. The first kappa shape index (κ1) is 25.0. The van der Waals surface area contributed by atoms with Crippen molar-refractivity contribution in [3.63, 3.8) is 0 Å². The number of unbranched alkanes of at least 4 members (excludes halogenated alkanes) is 1. The van der Waals surface area contributed by atoms with Gasteiger partial charge < -0.3 is 22.1 Å². The lowest BCUT2D eigenvalue weighted by Gasteiger charge is -2.17. The minimum absolute atomic E-state index is 0.785. The molecule has 152 valence electrons. The van der Waals surface area contributed by atoms with Crippen LogP contribution in [0.2, 0.25) is 0 Å². The Morgan fingerprint density at radius 1 is 0.731 bits per heavy atom. The van der Waals surface area contributed by atoms with Gasteiger partial charge in [0.05, 0.1) is 0 Å². The summed E-state index contributed by atoms with van der Waals surface area (Å²) in [5, 5.41) is 6.72. The summed E-state index contributed by atoms with van der Waals surface area (Å²) in [6.45, 7) is 13.6. The van der Waals surface area contributed by atoms with Crippen LogP contribution in [-0.4, -0.2) is 57.3 Å². The SMILES string of the molecule is CCN(CC)Cc1ccccc1.NCCCNCCCCNCCCN. The average molecular weight is 366 g/mol. The molecular weight excluding hydrogens is 322 g/mol. The van der Waals surface area contributed by atoms with Gasteiger partial charge >= 0.3 is 0 Å². The zero-order valence-electron chi connectivity index (χ0n) is 17.2. The van der Waals surface area contributed by atoms with Gasteiger partial charge in [-0.2, -0.15) is 0 Å². The summed E-state index contributed by atoms with van der Waals surface area (Å²) in [7, 11) is 0. The molecule has 1 aromatic carbocycles. The summed E-state index contributed by atoms with van der Waals surface area (Å²) in [6, 6.07) is 10.6. The van der Waals surface area contributed by atoms with E-state index in [-0.39, 0.29) is 0 Å². The summed E-state index contributed by atoms with van der Waals surface area (Å²) < 4.78 is 0. The van der Waals surface area contributed by atoms with Crippen LogP contribution in [0.15, 0.2) is 30.3 Å². The third kappa shape index (κ3) is 16.5. The second-order valence-electron chi connectivity index (χ2n) is 6.44. The number of rotatable bonds is 15. The van der Waals surface area contributed by atoms with Crippen LogP contribution in [0, 0.1) is 0 Å². The summed E-state index contributed by atoms with van der Waals surface area (Å²) in [5.41, 5.74) is 12.2. The molecule has 0 radical (unpaired) electrons. The highest BCUT2D eigenvalue weighted by Gasteiger charge is 1.98. The Labute approximate surface area is 161 Å². The van der Waals surface area contributed by atoms with Crippen LogP contribution in [0.3, 0.4) is 0 Å². The molecule has 0 bridgehead atoms. The molecule has 0 aromatic heterocycles. The van der Waals surface area contributed by atoms with Gasteiger partial charge in [-0.25, -0.2) is 0 Å². The highest BCUT2D eigenvalue weighted by atomic mass is 15.1. The minimum atomic E-state index is 0.785. The molecule has 5 nitrogen and oxygen atoms in total. The summed E-state index contributed by atoms with van der Waals surface area (Å²) in [6.07, 6.45) is 4.63. The van der Waals surface area contributed by atoms with Crippen LogP contribution in [0.4, 0.5) is 0 Å². The van der Waals surface area contributed by atoms with Gasteiger partial charge in [0.2, 0.25) is 0 Å². The standard InChI is InChI=1S/C11H17N.C10H26N4/c1-3-12(4-2)10-11-8-6-5-7-9-11;11-5-3-9-13-7-1-2-8-14-10-4-6-12/h5-9H,3-4,10H2,1-2H3;13-14H,1-12H2. The molecule has 1 aromatic rings. The van der Waals surface area contributed by atoms with Crippen molar-refractivity contribution in [2.24, 2.45) is 11.5 Å². The van der Waals surface area contributed by atoms with Gasteiger partial charge in [-0.05, 0) is 83.6 Å². The largest absolute Gasteiger partial charge is 0.330 e. The van der Waals surface area contributed by atoms with Gasteiger partial charge in [0, 0.05) is 6.54 Å². The van der Waals surface area contributed by atoms with Crippen molar-refractivity contribution in [3.8, 4) is 0 Å². The molecule has 1 rings (SSSR count). The number of hydrogen-bond donors (Lipinski definition) is 4. The zero-order valence-corrected chi connectivity index (χ0v) is 17.2. The Morgan fingerprint density at radius 2 is 1.19 bits per heavy atom. The fraction of sp³-hybridized carbons (Fsp3) is 0.714. The lowest BCUT2D eigenvalue weighted by Crippen LogP contribution is -2.22. The second-order valence-corrected chi connectivity index (χ2v) is 6.44. The molecule has 0 aliphatic heterocycles. The lowest BCUT2D eigenvalue weighted by atomic mass is 10.2. The Bertz CT molecular complexity index is 356. The predicted molar refractivity (Wildman–Crippen MR) is 115 cm³/mol. The molecule has 0 amide bonds. The Kier molecular flexibility index (Phi) is 19.6. The monoisotopic (exact) mass is 365 g/mol. The normalized spacial score (nSPS) is 10.7. The highest BCUT2D eigenvalue weighted by molar-refractivity contribution is 5.14. The van der Waals surface area contributed by atoms with E-state index in [0.29, 0.717) is 0 Å². The number of nitrogens with two attached hydrogens (primary N) is 2. The zero-order chi connectivity index (χ0) is 19.3. The molecule has 5 heteroatoms. The van der Waals surface area contributed by atoms with Crippen molar-refractivity contribution in [1.82, 2.24) is 15.5 Å². The minimum Gasteiger partial charge on any atom is -0.330 e. The molecule has 0 fully saturated rings. The van der Waals surface area contributed by atoms with Crippen LogP contribution in [0.25, 0.3) is 0 Å². The van der Waals surface area contributed by atoms with Gasteiger partial charge in [-0.15, -0.1) is 0 Å². The smallest absolute Gasteiger partial charge is 0.0233 e. The maximum absolute atomic E-state index is 5.38. The number of benzene rings is 1. The van der Waals surface area contributed by atoms with Crippen LogP contribution in [0.1, 0.15) is 45.1 Å². The van der Waals surface area contributed by atoms with Crippen LogP contribution in [0.5, 0.6) is 0 Å². The van der Waals surface area contributed by atoms with Crippen molar-refractivity contribution in [3.05, 3.63) is 35.9 Å². The van der Waals surface area contributed by atoms with Gasteiger partial charge in [0.15, 0.2) is 0 Å². The van der Waals surface area contributed by atoms with E-state index < -0.39 is 0 Å². The molecule has 0 atom stereocenters. The molecule has 0 spiro atoms. The first-order chi connectivity index (χ1) is 12.8. The fourth-order valence-electron chi connectivity index (χ4n) is 2.49. The highest BCUT2D eigenvalue weighted by Crippen LogP contribution is 2.02. The maximum atomic E-state index is 5.38. The second kappa shape index (κ2) is 20.3. The van der Waals surface area contributed by atoms with E-state index in [1.807, 2.05) is 0 Å². The molecule has 0 heterocycles. The van der Waals surface area contributed by atoms with Crippen molar-refractivity contribution in [1.29, 1.82) is 0 Å². The molecular formula is C21H43N5. The third-order valence-corrected chi connectivity index (χ3v) is 4.22. The summed E-state index contributed by atoms with van der Waals surface area (Å²) >= 11 is 0. The lowest BCUT2D eigenvalue weighted by molar-refractivity contribution is 0.296. The number of nitrogens with zero attached hydrogens (tertiary/aromatic N) is 1. The van der Waals surface area contributed by atoms with E-state index in [2.05, 4.69) is 59.7 Å². The van der Waals surface area contributed by atoms with E-state index in [0.717, 1.165) is 71.7 Å². The topological polar surface area (TPSA) is 79.3 Å². The van der Waals surface area contributed by atoms with E-state index in [9.17, 15) is 0 Å². The Hall–Kier alpha value is -0.980. The number of hydrogen-bond acceptors (Lipinski definition) is 5. The van der Waals surface area contributed by atoms with Crippen LogP contribution in [-0.2, 0) is 6.54 Å². The Morgan fingerprint density at radius 3 is 1.62 bits per heavy atom. The summed E-state index contributed by atoms with van der Waals surface area (Å²) in [4.78, 5) is 2.41. The van der Waals surface area contributed by atoms with Gasteiger partial charge in [-0.1, -0.05) is 44.2 Å². The quantitative estimate of drug-likeness (QED) is 0.358. The molecule has 0 saturated heterocycles. The molecule has 0 aliphatic carbocycles. The first-order valence-electron chi connectivity index (χ1n) is 10.4. The van der Waals surface area contributed by atoms with Gasteiger partial charge in [0.1, 0.15) is 0 Å². The molecule has 0 aliphatic rings. The van der Waals surface area contributed by atoms with Gasteiger partial charge in [-0.3, -0.25) is 4.90 Å². The molecule has 0 unspecified atom stereocenters. The van der Waals surface area contributed by atoms with E-state index in [4.69, 9.17) is 11.5 Å². The van der Waals surface area contributed by atoms with E-state index in [1.54, 1.807) is 0 Å². The predicted octanol–water partition coefficient (Wildman–Crippen LogP) is 2.17. The first-order valence-corrected chi connectivity index (χ1v) is 10.4. The van der Waals surface area contributed by atoms with Crippen molar-refractivity contribution >= 4 is 0 Å². The van der Waals surface area contributed by atoms with Crippen LogP contribution < -0.4 is 22.1 Å². The molecule has 26 heavy (non-hydrogen) atoms. The number of nitrogens with one attached hydrogen (secondary N) is 2. The summed E-state index contributed by atoms with van der Waals surface area (Å²) in [5.74, 6) is 0. The van der Waals surface area contributed by atoms with Crippen LogP contribution >= 0.6 is 0 Å². The van der Waals surface area contributed by atoms with Crippen molar-refractivity contribution in [2.45, 2.75) is 46.1 Å². The van der Waals surface area contributed by atoms with Crippen molar-refractivity contribution in [2.75, 3.05) is 52.4 Å². The Balaban J connectivity index is 0.000000485. The third-order valence-electron chi connectivity index (χ3n) is 4.22. The fourth-order valence-corrected chi connectivity index (χ4v) is 2.49. The maximum Gasteiger partial charge on any atom is 0.0233 e. The van der Waals surface area contributed by atoms with E-state index in [1.165, 1.54) is 18.4 Å².